The van der Waals surface area contributed by atoms with Crippen molar-refractivity contribution in [3.05, 3.63) is 24.3 Å². The van der Waals surface area contributed by atoms with Crippen molar-refractivity contribution >= 4 is 10.0 Å². The molecule has 1 aromatic carbocycles. The van der Waals surface area contributed by atoms with Gasteiger partial charge in [0.15, 0.2) is 0 Å². The Morgan fingerprint density at radius 2 is 1.90 bits per heavy atom. The van der Waals surface area contributed by atoms with Crippen molar-refractivity contribution in [2.75, 3.05) is 6.61 Å². The summed E-state index contributed by atoms with van der Waals surface area (Å²) in [5.41, 5.74) is 6.00. The van der Waals surface area contributed by atoms with E-state index in [-0.39, 0.29) is 17.0 Å². The molecule has 5 nitrogen and oxygen atoms in total. The van der Waals surface area contributed by atoms with Gasteiger partial charge in [0, 0.05) is 12.1 Å². The highest BCUT2D eigenvalue weighted by Crippen LogP contribution is 2.21. The monoisotopic (exact) mass is 312 g/mol. The van der Waals surface area contributed by atoms with E-state index in [0.29, 0.717) is 12.4 Å². The maximum Gasteiger partial charge on any atom is 0.240 e. The van der Waals surface area contributed by atoms with Crippen LogP contribution in [0.15, 0.2) is 29.2 Å². The van der Waals surface area contributed by atoms with Gasteiger partial charge in [-0.1, -0.05) is 19.8 Å². The molecule has 118 valence electrons. The molecule has 1 aromatic rings. The van der Waals surface area contributed by atoms with Crippen molar-refractivity contribution in [2.24, 2.45) is 5.73 Å². The van der Waals surface area contributed by atoms with Crippen LogP contribution in [0.5, 0.6) is 5.75 Å². The molecule has 0 spiro atoms. The summed E-state index contributed by atoms with van der Waals surface area (Å²) in [6.45, 7) is 2.65. The lowest BCUT2D eigenvalue weighted by molar-refractivity contribution is 0.317. The lowest BCUT2D eigenvalue weighted by atomic mass is 9.92. The van der Waals surface area contributed by atoms with Gasteiger partial charge in [-0.05, 0) is 43.5 Å². The van der Waals surface area contributed by atoms with Crippen molar-refractivity contribution < 1.29 is 13.2 Å². The number of hydrogen-bond donors (Lipinski definition) is 2. The number of nitrogens with two attached hydrogens (primary N) is 1. The summed E-state index contributed by atoms with van der Waals surface area (Å²) in [6.07, 6.45) is 4.68. The molecule has 1 aliphatic carbocycles. The molecule has 1 fully saturated rings. The number of benzene rings is 1. The molecule has 2 atom stereocenters. The molecular weight excluding hydrogens is 288 g/mol. The molecule has 0 aliphatic heterocycles. The highest BCUT2D eigenvalue weighted by molar-refractivity contribution is 7.89. The molecule has 2 rings (SSSR count). The Labute approximate surface area is 126 Å². The van der Waals surface area contributed by atoms with Crippen LogP contribution in [0.4, 0.5) is 0 Å². The van der Waals surface area contributed by atoms with E-state index in [1.165, 1.54) is 0 Å². The minimum Gasteiger partial charge on any atom is -0.494 e. The first kappa shape index (κ1) is 16.3. The smallest absolute Gasteiger partial charge is 0.240 e. The lowest BCUT2D eigenvalue weighted by Gasteiger charge is -2.29. The number of sulfonamides is 1. The predicted molar refractivity (Wildman–Crippen MR) is 82.8 cm³/mol. The predicted octanol–water partition coefficient (Wildman–Crippen LogP) is 2.02. The van der Waals surface area contributed by atoms with E-state index in [1.807, 2.05) is 6.92 Å². The van der Waals surface area contributed by atoms with Crippen LogP contribution in [0.2, 0.25) is 0 Å². The summed E-state index contributed by atoms with van der Waals surface area (Å²) < 4.78 is 32.9. The van der Waals surface area contributed by atoms with E-state index in [2.05, 4.69) is 4.72 Å². The van der Waals surface area contributed by atoms with Crippen molar-refractivity contribution in [1.82, 2.24) is 4.72 Å². The standard InChI is InChI=1S/C15H24N2O3S/c1-2-11-20-12-7-9-13(10-8-12)21(18,19)17-15-6-4-3-5-14(15)16/h7-10,14-15,17H,2-6,11,16H2,1H3/t14-,15-/m1/s1. The van der Waals surface area contributed by atoms with Crippen LogP contribution in [0.1, 0.15) is 39.0 Å². The third-order valence-electron chi connectivity index (χ3n) is 3.73. The molecule has 0 heterocycles. The molecule has 0 saturated heterocycles. The Morgan fingerprint density at radius 3 is 2.52 bits per heavy atom. The van der Waals surface area contributed by atoms with Gasteiger partial charge in [0.2, 0.25) is 10.0 Å². The Hall–Kier alpha value is -1.11. The number of nitrogens with one attached hydrogen (secondary N) is 1. The van der Waals surface area contributed by atoms with Crippen molar-refractivity contribution in [1.29, 1.82) is 0 Å². The second-order valence-corrected chi connectivity index (χ2v) is 7.21. The Kier molecular flexibility index (Phi) is 5.61. The largest absolute Gasteiger partial charge is 0.494 e. The fraction of sp³-hybridized carbons (Fsp3) is 0.600. The molecule has 0 amide bonds. The van der Waals surface area contributed by atoms with Crippen LogP contribution in [0, 0.1) is 0 Å². The second kappa shape index (κ2) is 7.24. The Balaban J connectivity index is 2.04. The van der Waals surface area contributed by atoms with Crippen molar-refractivity contribution in [2.45, 2.75) is 56.0 Å². The molecule has 0 aromatic heterocycles. The molecule has 0 bridgehead atoms. The zero-order valence-corrected chi connectivity index (χ0v) is 13.2. The van der Waals surface area contributed by atoms with Crippen LogP contribution in [-0.4, -0.2) is 27.1 Å². The van der Waals surface area contributed by atoms with Crippen molar-refractivity contribution in [3.8, 4) is 5.75 Å². The summed E-state index contributed by atoms with van der Waals surface area (Å²) in [5.74, 6) is 0.685. The van der Waals surface area contributed by atoms with Crippen molar-refractivity contribution in [3.63, 3.8) is 0 Å². The molecule has 21 heavy (non-hydrogen) atoms. The summed E-state index contributed by atoms with van der Waals surface area (Å²) >= 11 is 0. The van der Waals surface area contributed by atoms with Gasteiger partial charge in [0.1, 0.15) is 5.75 Å². The maximum absolute atomic E-state index is 12.4. The molecule has 1 aliphatic rings. The highest BCUT2D eigenvalue weighted by Gasteiger charge is 2.27. The summed E-state index contributed by atoms with van der Waals surface area (Å²) in [5, 5.41) is 0. The lowest BCUT2D eigenvalue weighted by Crippen LogP contribution is -2.49. The zero-order valence-electron chi connectivity index (χ0n) is 12.4. The molecule has 6 heteroatoms. The SMILES string of the molecule is CCCOc1ccc(S(=O)(=O)N[C@@H]2CCCC[C@H]2N)cc1. The molecule has 0 radical (unpaired) electrons. The number of ether oxygens (including phenoxy) is 1. The van der Waals surface area contributed by atoms with E-state index in [9.17, 15) is 8.42 Å². The van der Waals surface area contributed by atoms with E-state index in [4.69, 9.17) is 10.5 Å². The van der Waals surface area contributed by atoms with Gasteiger partial charge in [0.25, 0.3) is 0 Å². The van der Waals surface area contributed by atoms with Crippen LogP contribution in [-0.2, 0) is 10.0 Å². The number of hydrogen-bond acceptors (Lipinski definition) is 4. The quantitative estimate of drug-likeness (QED) is 0.842. The van der Waals surface area contributed by atoms with Crippen LogP contribution < -0.4 is 15.2 Å². The zero-order chi connectivity index (χ0) is 15.3. The van der Waals surface area contributed by atoms with Crippen LogP contribution >= 0.6 is 0 Å². The van der Waals surface area contributed by atoms with Crippen LogP contribution in [0.3, 0.4) is 0 Å². The fourth-order valence-electron chi connectivity index (χ4n) is 2.51. The normalized spacial score (nSPS) is 23.0. The molecule has 3 N–H and O–H groups in total. The van der Waals surface area contributed by atoms with Gasteiger partial charge < -0.3 is 10.5 Å². The molecular formula is C15H24N2O3S. The van der Waals surface area contributed by atoms with Gasteiger partial charge in [-0.25, -0.2) is 13.1 Å². The minimum atomic E-state index is -3.52. The van der Waals surface area contributed by atoms with E-state index in [0.717, 1.165) is 32.1 Å². The van der Waals surface area contributed by atoms with Crippen LogP contribution in [0.25, 0.3) is 0 Å². The minimum absolute atomic E-state index is 0.0966. The summed E-state index contributed by atoms with van der Waals surface area (Å²) in [4.78, 5) is 0.254. The van der Waals surface area contributed by atoms with Gasteiger partial charge in [0.05, 0.1) is 11.5 Å². The maximum atomic E-state index is 12.4. The summed E-state index contributed by atoms with van der Waals surface area (Å²) in [6, 6.07) is 6.25. The van der Waals surface area contributed by atoms with Gasteiger partial charge in [-0.2, -0.15) is 0 Å². The Morgan fingerprint density at radius 1 is 1.24 bits per heavy atom. The molecule has 0 unspecified atom stereocenters. The second-order valence-electron chi connectivity index (χ2n) is 5.50. The fourth-order valence-corrected chi connectivity index (χ4v) is 3.83. The first-order valence-corrected chi connectivity index (χ1v) is 9.02. The van der Waals surface area contributed by atoms with Gasteiger partial charge in [-0.15, -0.1) is 0 Å². The third-order valence-corrected chi connectivity index (χ3v) is 5.24. The number of rotatable bonds is 6. The average Bonchev–Trinajstić information content (AvgIpc) is 2.48. The highest BCUT2D eigenvalue weighted by atomic mass is 32.2. The van der Waals surface area contributed by atoms with E-state index >= 15 is 0 Å². The third kappa shape index (κ3) is 4.43. The first-order valence-electron chi connectivity index (χ1n) is 7.53. The Bertz CT molecular complexity index is 543. The van der Waals surface area contributed by atoms with E-state index < -0.39 is 10.0 Å². The first-order chi connectivity index (χ1) is 10.0. The van der Waals surface area contributed by atoms with E-state index in [1.54, 1.807) is 24.3 Å². The topological polar surface area (TPSA) is 81.4 Å². The molecule has 1 saturated carbocycles. The average molecular weight is 312 g/mol. The summed E-state index contributed by atoms with van der Waals surface area (Å²) in [7, 11) is -3.52. The van der Waals surface area contributed by atoms with Gasteiger partial charge in [-0.3, -0.25) is 0 Å². The van der Waals surface area contributed by atoms with Gasteiger partial charge >= 0.3 is 0 Å².